The first-order valence-corrected chi connectivity index (χ1v) is 11.4. The second-order valence-electron chi connectivity index (χ2n) is 6.96. The van der Waals surface area contributed by atoms with Gasteiger partial charge in [-0.25, -0.2) is 12.8 Å². The van der Waals surface area contributed by atoms with Crippen molar-refractivity contribution in [2.24, 2.45) is 0 Å². The summed E-state index contributed by atoms with van der Waals surface area (Å²) in [7, 11) is -4.27. The number of hydrogen-bond acceptors (Lipinski definition) is 5. The maximum Gasteiger partial charge on any atom is 0.276 e. The molecule has 3 aromatic carbocycles. The second kappa shape index (κ2) is 10.7. The molecule has 3 N–H and O–H groups in total. The monoisotopic (exact) mass is 471 g/mol. The molecule has 1 atom stereocenters. The highest BCUT2D eigenvalue weighted by Gasteiger charge is 2.24. The Balaban J connectivity index is 1.52. The van der Waals surface area contributed by atoms with Crippen molar-refractivity contribution in [3.8, 4) is 16.9 Å². The standard InChI is InChI=1S/C23H22FN3O5S/c1-16(27-33(30,31)21-14-8-6-12-19(21)24)23(29)26-25-22(28)15-32-20-13-7-5-11-18(20)17-9-3-2-4-10-17/h2-14,16,27H,15H2,1H3,(H,25,28)(H,26,29)/t16-/m0/s1. The molecule has 2 amide bonds. The lowest BCUT2D eigenvalue weighted by molar-refractivity contribution is -0.130. The van der Waals surface area contributed by atoms with E-state index in [9.17, 15) is 22.4 Å². The minimum atomic E-state index is -4.27. The van der Waals surface area contributed by atoms with Crippen LogP contribution in [0.1, 0.15) is 6.92 Å². The number of rotatable bonds is 8. The van der Waals surface area contributed by atoms with Gasteiger partial charge in [0.1, 0.15) is 16.5 Å². The number of hydrazine groups is 1. The molecule has 0 bridgehead atoms. The van der Waals surface area contributed by atoms with E-state index in [1.165, 1.54) is 19.1 Å². The summed E-state index contributed by atoms with van der Waals surface area (Å²) in [5.74, 6) is -1.96. The zero-order valence-corrected chi connectivity index (χ0v) is 18.4. The maximum atomic E-state index is 13.8. The molecule has 0 aliphatic heterocycles. The summed E-state index contributed by atoms with van der Waals surface area (Å²) in [6, 6.07) is 20.2. The van der Waals surface area contributed by atoms with E-state index in [-0.39, 0.29) is 6.61 Å². The van der Waals surface area contributed by atoms with Crippen molar-refractivity contribution < 1.29 is 27.1 Å². The molecule has 0 aliphatic carbocycles. The van der Waals surface area contributed by atoms with Crippen LogP contribution in [0.2, 0.25) is 0 Å². The third kappa shape index (κ3) is 6.37. The molecule has 3 aromatic rings. The average Bonchev–Trinajstić information content (AvgIpc) is 2.81. The fraction of sp³-hybridized carbons (Fsp3) is 0.130. The van der Waals surface area contributed by atoms with Crippen LogP contribution < -0.4 is 20.3 Å². The molecule has 0 radical (unpaired) electrons. The molecule has 0 heterocycles. The molecule has 0 fully saturated rings. The van der Waals surface area contributed by atoms with Gasteiger partial charge in [0.05, 0.1) is 6.04 Å². The summed E-state index contributed by atoms with van der Waals surface area (Å²) < 4.78 is 46.0. The minimum Gasteiger partial charge on any atom is -0.483 e. The molecule has 0 saturated carbocycles. The van der Waals surface area contributed by atoms with Crippen LogP contribution in [-0.2, 0) is 19.6 Å². The van der Waals surface area contributed by atoms with Gasteiger partial charge in [-0.3, -0.25) is 20.4 Å². The minimum absolute atomic E-state index is 0.389. The Morgan fingerprint density at radius 1 is 0.909 bits per heavy atom. The van der Waals surface area contributed by atoms with Crippen molar-refractivity contribution in [3.05, 3.63) is 84.7 Å². The fourth-order valence-electron chi connectivity index (χ4n) is 2.88. The van der Waals surface area contributed by atoms with E-state index < -0.39 is 38.6 Å². The number of nitrogens with one attached hydrogen (secondary N) is 3. The Hall–Kier alpha value is -3.76. The Morgan fingerprint density at radius 3 is 2.27 bits per heavy atom. The lowest BCUT2D eigenvalue weighted by Crippen LogP contribution is -2.51. The molecule has 0 aromatic heterocycles. The van der Waals surface area contributed by atoms with Crippen molar-refractivity contribution in [3.63, 3.8) is 0 Å². The zero-order valence-electron chi connectivity index (χ0n) is 17.6. The average molecular weight is 472 g/mol. The van der Waals surface area contributed by atoms with E-state index in [1.54, 1.807) is 12.1 Å². The van der Waals surface area contributed by atoms with Gasteiger partial charge in [-0.05, 0) is 30.7 Å². The van der Waals surface area contributed by atoms with Crippen LogP contribution in [0.4, 0.5) is 4.39 Å². The predicted molar refractivity (Wildman–Crippen MR) is 120 cm³/mol. The molecular weight excluding hydrogens is 449 g/mol. The van der Waals surface area contributed by atoms with Crippen LogP contribution in [0.5, 0.6) is 5.75 Å². The number of para-hydroxylation sites is 1. The van der Waals surface area contributed by atoms with E-state index in [1.807, 2.05) is 42.5 Å². The number of ether oxygens (including phenoxy) is 1. The predicted octanol–water partition coefficient (Wildman–Crippen LogP) is 2.39. The summed E-state index contributed by atoms with van der Waals surface area (Å²) in [6.45, 7) is 0.867. The summed E-state index contributed by atoms with van der Waals surface area (Å²) >= 11 is 0. The van der Waals surface area contributed by atoms with Gasteiger partial charge in [-0.2, -0.15) is 4.72 Å². The van der Waals surface area contributed by atoms with Gasteiger partial charge in [-0.15, -0.1) is 0 Å². The molecule has 33 heavy (non-hydrogen) atoms. The van der Waals surface area contributed by atoms with Gasteiger partial charge in [0.2, 0.25) is 10.0 Å². The lowest BCUT2D eigenvalue weighted by atomic mass is 10.1. The Kier molecular flexibility index (Phi) is 7.75. The van der Waals surface area contributed by atoms with Gasteiger partial charge in [-0.1, -0.05) is 60.7 Å². The molecule has 10 heteroatoms. The van der Waals surface area contributed by atoms with Crippen LogP contribution in [0, 0.1) is 5.82 Å². The number of benzene rings is 3. The molecule has 8 nitrogen and oxygen atoms in total. The summed E-state index contributed by atoms with van der Waals surface area (Å²) in [6.07, 6.45) is 0. The van der Waals surface area contributed by atoms with Crippen LogP contribution >= 0.6 is 0 Å². The van der Waals surface area contributed by atoms with Crippen LogP contribution in [0.15, 0.2) is 83.8 Å². The normalized spacial score (nSPS) is 11.9. The number of carbonyl (C=O) groups excluding carboxylic acids is 2. The highest BCUT2D eigenvalue weighted by atomic mass is 32.2. The second-order valence-corrected chi connectivity index (χ2v) is 8.64. The third-order valence-corrected chi connectivity index (χ3v) is 6.08. The van der Waals surface area contributed by atoms with E-state index in [2.05, 4.69) is 15.6 Å². The first-order chi connectivity index (χ1) is 15.8. The number of amides is 2. The van der Waals surface area contributed by atoms with Gasteiger partial charge < -0.3 is 4.74 Å². The molecule has 0 unspecified atom stereocenters. The number of sulfonamides is 1. The zero-order chi connectivity index (χ0) is 23.8. The summed E-state index contributed by atoms with van der Waals surface area (Å²) in [5.41, 5.74) is 5.98. The van der Waals surface area contributed by atoms with Gasteiger partial charge >= 0.3 is 0 Å². The fourth-order valence-corrected chi connectivity index (χ4v) is 4.16. The molecule has 0 saturated heterocycles. The van der Waals surface area contributed by atoms with E-state index in [0.717, 1.165) is 23.3 Å². The lowest BCUT2D eigenvalue weighted by Gasteiger charge is -2.16. The summed E-state index contributed by atoms with van der Waals surface area (Å²) in [4.78, 5) is 23.7. The largest absolute Gasteiger partial charge is 0.483 e. The van der Waals surface area contributed by atoms with Crippen LogP contribution in [0.3, 0.4) is 0 Å². The highest BCUT2D eigenvalue weighted by molar-refractivity contribution is 7.89. The van der Waals surface area contributed by atoms with Crippen molar-refractivity contribution in [1.29, 1.82) is 0 Å². The Bertz CT molecular complexity index is 1240. The van der Waals surface area contributed by atoms with E-state index >= 15 is 0 Å². The first kappa shape index (κ1) is 23.9. The SMILES string of the molecule is C[C@H](NS(=O)(=O)c1ccccc1F)C(=O)NNC(=O)COc1ccccc1-c1ccccc1. The molecule has 0 aliphatic rings. The smallest absolute Gasteiger partial charge is 0.276 e. The van der Waals surface area contributed by atoms with Crippen molar-refractivity contribution in [2.45, 2.75) is 17.9 Å². The third-order valence-electron chi connectivity index (χ3n) is 4.51. The van der Waals surface area contributed by atoms with Gasteiger partial charge in [0, 0.05) is 5.56 Å². The molecule has 0 spiro atoms. The van der Waals surface area contributed by atoms with Crippen molar-refractivity contribution in [2.75, 3.05) is 6.61 Å². The van der Waals surface area contributed by atoms with Gasteiger partial charge in [0.15, 0.2) is 6.61 Å². The quantitative estimate of drug-likeness (QED) is 0.437. The van der Waals surface area contributed by atoms with Crippen molar-refractivity contribution in [1.82, 2.24) is 15.6 Å². The van der Waals surface area contributed by atoms with Crippen LogP contribution in [0.25, 0.3) is 11.1 Å². The topological polar surface area (TPSA) is 114 Å². The molecule has 172 valence electrons. The van der Waals surface area contributed by atoms with E-state index in [4.69, 9.17) is 4.74 Å². The highest BCUT2D eigenvalue weighted by Crippen LogP contribution is 2.29. The number of halogens is 1. The van der Waals surface area contributed by atoms with Gasteiger partial charge in [0.25, 0.3) is 11.8 Å². The van der Waals surface area contributed by atoms with Crippen molar-refractivity contribution >= 4 is 21.8 Å². The van der Waals surface area contributed by atoms with E-state index in [0.29, 0.717) is 5.75 Å². The Labute approximate surface area is 190 Å². The number of hydrogen-bond donors (Lipinski definition) is 3. The molecular formula is C23H22FN3O5S. The first-order valence-electron chi connectivity index (χ1n) is 9.91. The van der Waals surface area contributed by atoms with Crippen LogP contribution in [-0.4, -0.2) is 32.9 Å². The molecule has 3 rings (SSSR count). The maximum absolute atomic E-state index is 13.8. The Morgan fingerprint density at radius 2 is 1.55 bits per heavy atom. The summed E-state index contributed by atoms with van der Waals surface area (Å²) in [5, 5.41) is 0. The number of carbonyl (C=O) groups is 2.